The lowest BCUT2D eigenvalue weighted by Gasteiger charge is -2.11. The van der Waals surface area contributed by atoms with Crippen LogP contribution in [0.1, 0.15) is 85.5 Å². The van der Waals surface area contributed by atoms with Crippen molar-refractivity contribution in [1.82, 2.24) is 0 Å². The lowest BCUT2D eigenvalue weighted by Crippen LogP contribution is -1.96. The van der Waals surface area contributed by atoms with Gasteiger partial charge in [0.15, 0.2) is 0 Å². The third kappa shape index (κ3) is 10.3. The molecule has 0 radical (unpaired) electrons. The average Bonchev–Trinajstić information content (AvgIpc) is 2.18. The molecule has 0 aromatic heterocycles. The summed E-state index contributed by atoms with van der Waals surface area (Å²) in [6.07, 6.45) is 12.8. The van der Waals surface area contributed by atoms with E-state index in [-0.39, 0.29) is 0 Å². The van der Waals surface area contributed by atoms with E-state index < -0.39 is 0 Å². The second-order valence-corrected chi connectivity index (χ2v) is 5.43. The Morgan fingerprint density at radius 2 is 1.00 bits per heavy atom. The highest BCUT2D eigenvalue weighted by Crippen LogP contribution is 2.18. The molecule has 0 aliphatic heterocycles. The summed E-state index contributed by atoms with van der Waals surface area (Å²) in [5.41, 5.74) is 0. The highest BCUT2D eigenvalue weighted by Gasteiger charge is 2.02. The van der Waals surface area contributed by atoms with Gasteiger partial charge in [0.1, 0.15) is 0 Å². The Kier molecular flexibility index (Phi) is 10.5. The second-order valence-electron chi connectivity index (χ2n) is 5.43. The number of rotatable bonds is 10. The summed E-state index contributed by atoms with van der Waals surface area (Å²) < 4.78 is 0. The van der Waals surface area contributed by atoms with E-state index in [1.54, 1.807) is 0 Å². The molecule has 0 N–H and O–H groups in total. The van der Waals surface area contributed by atoms with E-state index in [4.69, 9.17) is 0 Å². The lowest BCUT2D eigenvalue weighted by molar-refractivity contribution is 0.424. The fourth-order valence-corrected chi connectivity index (χ4v) is 2.44. The standard InChI is InChI=1S/C15H32/c1-5-10-14(3)12-8-7-9-13-15(4)11-6-2/h14-15H,5-13H2,1-4H3. The van der Waals surface area contributed by atoms with Crippen molar-refractivity contribution in [3.63, 3.8) is 0 Å². The summed E-state index contributed by atoms with van der Waals surface area (Å²) in [6, 6.07) is 0. The molecule has 0 aromatic rings. The first-order chi connectivity index (χ1) is 7.20. The summed E-state index contributed by atoms with van der Waals surface area (Å²) in [4.78, 5) is 0. The minimum atomic E-state index is 0.961. The van der Waals surface area contributed by atoms with Gasteiger partial charge in [-0.25, -0.2) is 0 Å². The van der Waals surface area contributed by atoms with E-state index >= 15 is 0 Å². The van der Waals surface area contributed by atoms with E-state index in [0.717, 1.165) is 11.8 Å². The smallest absolute Gasteiger partial charge is 0.0443 e. The van der Waals surface area contributed by atoms with Gasteiger partial charge in [-0.05, 0) is 11.8 Å². The zero-order chi connectivity index (χ0) is 11.5. The van der Waals surface area contributed by atoms with Crippen molar-refractivity contribution < 1.29 is 0 Å². The van der Waals surface area contributed by atoms with Crippen LogP contribution >= 0.6 is 0 Å². The first kappa shape index (κ1) is 15.0. The first-order valence-electron chi connectivity index (χ1n) is 7.20. The van der Waals surface area contributed by atoms with Gasteiger partial charge in [0, 0.05) is 0 Å². The van der Waals surface area contributed by atoms with Gasteiger partial charge in [-0.15, -0.1) is 0 Å². The maximum Gasteiger partial charge on any atom is -0.0443 e. The SMILES string of the molecule is CCCC(C)CCCCCC(C)CCC. The molecule has 92 valence electrons. The largest absolute Gasteiger partial charge is 0.0654 e. The minimum Gasteiger partial charge on any atom is -0.0654 e. The summed E-state index contributed by atoms with van der Waals surface area (Å²) in [6.45, 7) is 9.40. The maximum absolute atomic E-state index is 2.41. The fourth-order valence-electron chi connectivity index (χ4n) is 2.44. The maximum atomic E-state index is 2.41. The summed E-state index contributed by atoms with van der Waals surface area (Å²) >= 11 is 0. The van der Waals surface area contributed by atoms with E-state index in [9.17, 15) is 0 Å². The monoisotopic (exact) mass is 212 g/mol. The third-order valence-electron chi connectivity index (χ3n) is 3.46. The number of hydrogen-bond donors (Lipinski definition) is 0. The van der Waals surface area contributed by atoms with Crippen LogP contribution in [0.3, 0.4) is 0 Å². The fraction of sp³-hybridized carbons (Fsp3) is 1.00. The predicted octanol–water partition coefficient (Wildman–Crippen LogP) is 5.81. The Hall–Kier alpha value is 0. The summed E-state index contributed by atoms with van der Waals surface area (Å²) in [5.74, 6) is 1.92. The van der Waals surface area contributed by atoms with Crippen molar-refractivity contribution in [3.05, 3.63) is 0 Å². The molecule has 0 saturated carbocycles. The van der Waals surface area contributed by atoms with Gasteiger partial charge >= 0.3 is 0 Å². The van der Waals surface area contributed by atoms with Crippen molar-refractivity contribution in [2.24, 2.45) is 11.8 Å². The molecular weight excluding hydrogens is 180 g/mol. The third-order valence-corrected chi connectivity index (χ3v) is 3.46. The molecule has 0 amide bonds. The zero-order valence-electron chi connectivity index (χ0n) is 11.5. The highest BCUT2D eigenvalue weighted by molar-refractivity contribution is 4.56. The topological polar surface area (TPSA) is 0 Å². The second kappa shape index (κ2) is 10.5. The van der Waals surface area contributed by atoms with Crippen LogP contribution in [0, 0.1) is 11.8 Å². The van der Waals surface area contributed by atoms with E-state index in [1.165, 1.54) is 57.8 Å². The predicted molar refractivity (Wildman–Crippen MR) is 71.2 cm³/mol. The van der Waals surface area contributed by atoms with E-state index in [1.807, 2.05) is 0 Å². The molecule has 0 aliphatic rings. The molecule has 2 unspecified atom stereocenters. The van der Waals surface area contributed by atoms with Crippen LogP contribution < -0.4 is 0 Å². The molecule has 0 saturated heterocycles. The molecule has 0 aliphatic carbocycles. The van der Waals surface area contributed by atoms with Crippen LogP contribution in [0.4, 0.5) is 0 Å². The Morgan fingerprint density at radius 1 is 0.600 bits per heavy atom. The molecule has 0 bridgehead atoms. The van der Waals surface area contributed by atoms with Gasteiger partial charge in [0.05, 0.1) is 0 Å². The van der Waals surface area contributed by atoms with E-state index in [2.05, 4.69) is 27.7 Å². The first-order valence-corrected chi connectivity index (χ1v) is 7.20. The van der Waals surface area contributed by atoms with Gasteiger partial charge in [-0.3, -0.25) is 0 Å². The molecular formula is C15H32. The van der Waals surface area contributed by atoms with Gasteiger partial charge in [0.2, 0.25) is 0 Å². The molecule has 0 spiro atoms. The lowest BCUT2D eigenvalue weighted by atomic mass is 9.95. The quantitative estimate of drug-likeness (QED) is 0.401. The van der Waals surface area contributed by atoms with Crippen LogP contribution in [-0.4, -0.2) is 0 Å². The van der Waals surface area contributed by atoms with Crippen molar-refractivity contribution in [2.75, 3.05) is 0 Å². The molecule has 0 heteroatoms. The Bertz CT molecular complexity index is 103. The molecule has 15 heavy (non-hydrogen) atoms. The van der Waals surface area contributed by atoms with Gasteiger partial charge in [-0.2, -0.15) is 0 Å². The van der Waals surface area contributed by atoms with Crippen LogP contribution in [0.5, 0.6) is 0 Å². The Morgan fingerprint density at radius 3 is 1.33 bits per heavy atom. The van der Waals surface area contributed by atoms with Crippen LogP contribution in [0.25, 0.3) is 0 Å². The van der Waals surface area contributed by atoms with Gasteiger partial charge in [-0.1, -0.05) is 85.5 Å². The van der Waals surface area contributed by atoms with Crippen molar-refractivity contribution >= 4 is 0 Å². The van der Waals surface area contributed by atoms with Crippen LogP contribution in [0.15, 0.2) is 0 Å². The molecule has 0 heterocycles. The zero-order valence-corrected chi connectivity index (χ0v) is 11.5. The Balaban J connectivity index is 3.17. The summed E-state index contributed by atoms with van der Waals surface area (Å²) in [7, 11) is 0. The number of unbranched alkanes of at least 4 members (excludes halogenated alkanes) is 2. The van der Waals surface area contributed by atoms with Crippen molar-refractivity contribution in [3.8, 4) is 0 Å². The Labute approximate surface area is 97.8 Å². The van der Waals surface area contributed by atoms with Gasteiger partial charge in [0.25, 0.3) is 0 Å². The molecule has 2 atom stereocenters. The van der Waals surface area contributed by atoms with Crippen LogP contribution in [-0.2, 0) is 0 Å². The van der Waals surface area contributed by atoms with Crippen LogP contribution in [0.2, 0.25) is 0 Å². The summed E-state index contributed by atoms with van der Waals surface area (Å²) in [5, 5.41) is 0. The normalized spacial score (nSPS) is 15.2. The van der Waals surface area contributed by atoms with Crippen molar-refractivity contribution in [1.29, 1.82) is 0 Å². The minimum absolute atomic E-state index is 0.961. The van der Waals surface area contributed by atoms with Crippen molar-refractivity contribution in [2.45, 2.75) is 85.5 Å². The average molecular weight is 212 g/mol. The number of hydrogen-bond acceptors (Lipinski definition) is 0. The molecule has 0 aromatic carbocycles. The highest BCUT2D eigenvalue weighted by atomic mass is 14.1. The molecule has 0 fully saturated rings. The molecule has 0 nitrogen and oxygen atoms in total. The molecule has 0 rings (SSSR count). The van der Waals surface area contributed by atoms with E-state index in [0.29, 0.717) is 0 Å². The van der Waals surface area contributed by atoms with Gasteiger partial charge < -0.3 is 0 Å².